The SMILES string of the molecule is N#CC1=C(N)N(c2ccc(Br)cn2)C2=C(C(=O)CCC2)[C@@H]1c1ccccc1. The normalized spacial score (nSPS) is 19.8. The Kier molecular flexibility index (Phi) is 4.54. The predicted octanol–water partition coefficient (Wildman–Crippen LogP) is 4.15. The molecule has 0 unspecified atom stereocenters. The monoisotopic (exact) mass is 420 g/mol. The van der Waals surface area contributed by atoms with E-state index >= 15 is 0 Å². The number of Topliss-reactive ketones (excluding diaryl/α,β-unsaturated/α-hetero) is 1. The van der Waals surface area contributed by atoms with Crippen LogP contribution >= 0.6 is 15.9 Å². The van der Waals surface area contributed by atoms with Crippen molar-refractivity contribution in [1.29, 1.82) is 5.26 Å². The number of pyridine rings is 1. The van der Waals surface area contributed by atoms with Crippen LogP contribution in [0.25, 0.3) is 0 Å². The summed E-state index contributed by atoms with van der Waals surface area (Å²) in [6, 6.07) is 15.6. The molecular weight excluding hydrogens is 404 g/mol. The molecule has 27 heavy (non-hydrogen) atoms. The van der Waals surface area contributed by atoms with E-state index in [4.69, 9.17) is 5.73 Å². The number of hydrogen-bond acceptors (Lipinski definition) is 5. The minimum atomic E-state index is -0.425. The minimum Gasteiger partial charge on any atom is -0.384 e. The quantitative estimate of drug-likeness (QED) is 0.788. The number of nitrogens with zero attached hydrogens (tertiary/aromatic N) is 3. The van der Waals surface area contributed by atoms with E-state index in [0.29, 0.717) is 29.2 Å². The molecule has 2 aliphatic rings. The standard InChI is InChI=1S/C21H17BrN4O/c22-14-9-10-18(25-12-14)26-16-7-4-8-17(27)20(16)19(15(11-23)21(26)24)13-5-2-1-3-6-13/h1-3,5-6,9-10,12,19H,4,7-8,24H2/t19-/m1/s1. The van der Waals surface area contributed by atoms with Gasteiger partial charge in [0, 0.05) is 28.4 Å². The van der Waals surface area contributed by atoms with Gasteiger partial charge in [0.1, 0.15) is 11.6 Å². The number of anilines is 1. The Morgan fingerprint density at radius 2 is 1.96 bits per heavy atom. The molecule has 6 heteroatoms. The van der Waals surface area contributed by atoms with E-state index in [1.165, 1.54) is 0 Å². The molecule has 1 aromatic carbocycles. The molecule has 1 aliphatic heterocycles. The summed E-state index contributed by atoms with van der Waals surface area (Å²) < 4.78 is 0.849. The number of nitriles is 1. The van der Waals surface area contributed by atoms with Crippen LogP contribution < -0.4 is 10.6 Å². The molecule has 0 saturated carbocycles. The second-order valence-electron chi connectivity index (χ2n) is 6.56. The fraction of sp³-hybridized carbons (Fsp3) is 0.190. The molecular formula is C21H17BrN4O. The van der Waals surface area contributed by atoms with Crippen molar-refractivity contribution in [2.75, 3.05) is 4.90 Å². The van der Waals surface area contributed by atoms with E-state index in [1.54, 1.807) is 11.1 Å². The first-order chi connectivity index (χ1) is 13.1. The topological polar surface area (TPSA) is 83.0 Å². The van der Waals surface area contributed by atoms with Gasteiger partial charge < -0.3 is 5.73 Å². The lowest BCUT2D eigenvalue weighted by Gasteiger charge is -2.39. The number of rotatable bonds is 2. The number of hydrogen-bond donors (Lipinski definition) is 1. The second-order valence-corrected chi connectivity index (χ2v) is 7.48. The molecule has 0 spiro atoms. The van der Waals surface area contributed by atoms with E-state index < -0.39 is 5.92 Å². The van der Waals surface area contributed by atoms with Crippen LogP contribution in [0.4, 0.5) is 5.82 Å². The lowest BCUT2D eigenvalue weighted by molar-refractivity contribution is -0.116. The Balaban J connectivity index is 1.96. The summed E-state index contributed by atoms with van der Waals surface area (Å²) in [5.74, 6) is 0.602. The lowest BCUT2D eigenvalue weighted by atomic mass is 9.75. The fourth-order valence-corrected chi connectivity index (χ4v) is 4.06. The van der Waals surface area contributed by atoms with Crippen LogP contribution in [0.1, 0.15) is 30.7 Å². The Morgan fingerprint density at radius 3 is 2.63 bits per heavy atom. The third-order valence-electron chi connectivity index (χ3n) is 4.99. The van der Waals surface area contributed by atoms with Crippen LogP contribution in [0.3, 0.4) is 0 Å². The first kappa shape index (κ1) is 17.5. The van der Waals surface area contributed by atoms with E-state index in [0.717, 1.165) is 28.6 Å². The molecule has 0 fully saturated rings. The Hall–Kier alpha value is -2.91. The zero-order valence-electron chi connectivity index (χ0n) is 14.5. The zero-order chi connectivity index (χ0) is 19.0. The summed E-state index contributed by atoms with van der Waals surface area (Å²) in [7, 11) is 0. The van der Waals surface area contributed by atoms with Crippen molar-refractivity contribution >= 4 is 27.5 Å². The molecule has 134 valence electrons. The number of allylic oxidation sites excluding steroid dienone is 3. The molecule has 0 saturated heterocycles. The van der Waals surface area contributed by atoms with Crippen LogP contribution in [-0.2, 0) is 4.79 Å². The molecule has 2 heterocycles. The first-order valence-electron chi connectivity index (χ1n) is 8.74. The maximum atomic E-state index is 12.9. The third kappa shape index (κ3) is 2.94. The molecule has 5 nitrogen and oxygen atoms in total. The zero-order valence-corrected chi connectivity index (χ0v) is 16.1. The van der Waals surface area contributed by atoms with Crippen LogP contribution in [0.5, 0.6) is 0 Å². The Morgan fingerprint density at radius 1 is 1.19 bits per heavy atom. The number of benzene rings is 1. The highest BCUT2D eigenvalue weighted by Crippen LogP contribution is 2.45. The number of nitrogens with two attached hydrogens (primary N) is 1. The highest BCUT2D eigenvalue weighted by atomic mass is 79.9. The van der Waals surface area contributed by atoms with Gasteiger partial charge in [-0.05, 0) is 46.5 Å². The summed E-state index contributed by atoms with van der Waals surface area (Å²) in [5.41, 5.74) is 9.29. The first-order valence-corrected chi connectivity index (χ1v) is 9.53. The molecule has 1 atom stereocenters. The van der Waals surface area contributed by atoms with Gasteiger partial charge in [-0.25, -0.2) is 4.98 Å². The highest BCUT2D eigenvalue weighted by Gasteiger charge is 2.40. The Labute approximate surface area is 165 Å². The van der Waals surface area contributed by atoms with Crippen LogP contribution in [-0.4, -0.2) is 10.8 Å². The van der Waals surface area contributed by atoms with Crippen LogP contribution in [0.15, 0.2) is 75.8 Å². The summed E-state index contributed by atoms with van der Waals surface area (Å²) in [5, 5.41) is 9.90. The highest BCUT2D eigenvalue weighted by molar-refractivity contribution is 9.10. The number of halogens is 1. The predicted molar refractivity (Wildman–Crippen MR) is 106 cm³/mol. The average molecular weight is 421 g/mol. The fourth-order valence-electron chi connectivity index (χ4n) is 3.83. The molecule has 2 N–H and O–H groups in total. The van der Waals surface area contributed by atoms with E-state index in [1.807, 2.05) is 42.5 Å². The van der Waals surface area contributed by atoms with E-state index in [2.05, 4.69) is 27.0 Å². The van der Waals surface area contributed by atoms with E-state index in [9.17, 15) is 10.1 Å². The number of carbonyl (C=O) groups is 1. The maximum Gasteiger partial charge on any atom is 0.161 e. The molecule has 2 aromatic rings. The number of carbonyl (C=O) groups excluding carboxylic acids is 1. The van der Waals surface area contributed by atoms with Gasteiger partial charge in [0.05, 0.1) is 17.6 Å². The van der Waals surface area contributed by atoms with Gasteiger partial charge in [0.15, 0.2) is 5.78 Å². The Bertz CT molecular complexity index is 1000. The maximum absolute atomic E-state index is 12.9. The van der Waals surface area contributed by atoms with Crippen LogP contribution in [0, 0.1) is 11.3 Å². The van der Waals surface area contributed by atoms with Gasteiger partial charge in [-0.1, -0.05) is 30.3 Å². The van der Waals surface area contributed by atoms with Gasteiger partial charge in [-0.2, -0.15) is 5.26 Å². The van der Waals surface area contributed by atoms with Gasteiger partial charge in [0.25, 0.3) is 0 Å². The second kappa shape index (κ2) is 7.01. The van der Waals surface area contributed by atoms with Crippen molar-refractivity contribution in [3.05, 3.63) is 81.4 Å². The van der Waals surface area contributed by atoms with Crippen molar-refractivity contribution in [3.8, 4) is 6.07 Å². The largest absolute Gasteiger partial charge is 0.384 e. The molecule has 0 bridgehead atoms. The summed E-state index contributed by atoms with van der Waals surface area (Å²) in [4.78, 5) is 19.1. The van der Waals surface area contributed by atoms with Gasteiger partial charge >= 0.3 is 0 Å². The van der Waals surface area contributed by atoms with E-state index in [-0.39, 0.29) is 5.78 Å². The molecule has 0 radical (unpaired) electrons. The molecule has 0 amide bonds. The summed E-state index contributed by atoms with van der Waals surface area (Å²) in [6.07, 6.45) is 3.66. The van der Waals surface area contributed by atoms with Gasteiger partial charge in [-0.15, -0.1) is 0 Å². The lowest BCUT2D eigenvalue weighted by Crippen LogP contribution is -2.39. The molecule has 1 aliphatic carbocycles. The van der Waals surface area contributed by atoms with Crippen molar-refractivity contribution in [2.45, 2.75) is 25.2 Å². The number of ketones is 1. The van der Waals surface area contributed by atoms with Crippen molar-refractivity contribution in [2.24, 2.45) is 5.73 Å². The smallest absolute Gasteiger partial charge is 0.161 e. The third-order valence-corrected chi connectivity index (χ3v) is 5.46. The van der Waals surface area contributed by atoms with Crippen molar-refractivity contribution in [3.63, 3.8) is 0 Å². The average Bonchev–Trinajstić information content (AvgIpc) is 2.69. The van der Waals surface area contributed by atoms with Crippen LogP contribution in [0.2, 0.25) is 0 Å². The molecule has 1 aromatic heterocycles. The molecule has 4 rings (SSSR count). The summed E-state index contributed by atoms with van der Waals surface area (Å²) >= 11 is 3.39. The number of aromatic nitrogens is 1. The van der Waals surface area contributed by atoms with Crippen molar-refractivity contribution < 1.29 is 4.79 Å². The minimum absolute atomic E-state index is 0.0764. The van der Waals surface area contributed by atoms with Gasteiger partial charge in [0.2, 0.25) is 0 Å². The van der Waals surface area contributed by atoms with Gasteiger partial charge in [-0.3, -0.25) is 9.69 Å². The van der Waals surface area contributed by atoms with Crippen molar-refractivity contribution in [1.82, 2.24) is 4.98 Å². The summed E-state index contributed by atoms with van der Waals surface area (Å²) in [6.45, 7) is 0.